The number of hydrogen-bond acceptors (Lipinski definition) is 6. The molecule has 0 bridgehead atoms. The Morgan fingerprint density at radius 1 is 1.10 bits per heavy atom. The molecule has 2 aliphatic rings. The van der Waals surface area contributed by atoms with Crippen LogP contribution in [0.2, 0.25) is 0 Å². The lowest BCUT2D eigenvalue weighted by atomic mass is 10.4. The number of aromatic nitrogens is 1. The lowest BCUT2D eigenvalue weighted by Gasteiger charge is -2.28. The van der Waals surface area contributed by atoms with Gasteiger partial charge in [-0.15, -0.1) is 0 Å². The first-order chi connectivity index (χ1) is 10.2. The minimum Gasteiger partial charge on any atom is -0.378 e. The van der Waals surface area contributed by atoms with E-state index in [1.165, 1.54) is 6.20 Å². The second-order valence-electron chi connectivity index (χ2n) is 4.97. The predicted octanol–water partition coefficient (Wildman–Crippen LogP) is 0.656. The van der Waals surface area contributed by atoms with E-state index in [1.807, 2.05) is 0 Å². The van der Waals surface area contributed by atoms with Crippen LogP contribution in [0, 0.1) is 0 Å². The maximum atomic E-state index is 12.5. The normalized spacial score (nSPS) is 21.4. The fraction of sp³-hybridized carbons (Fsp3) is 0.615. The number of hydrogen-bond donors (Lipinski definition) is 0. The lowest BCUT2D eigenvalue weighted by Crippen LogP contribution is -2.38. The van der Waals surface area contributed by atoms with E-state index >= 15 is 0 Å². The summed E-state index contributed by atoms with van der Waals surface area (Å²) in [4.78, 5) is 6.72. The Morgan fingerprint density at radius 3 is 2.43 bits per heavy atom. The van der Waals surface area contributed by atoms with Crippen molar-refractivity contribution < 1.29 is 13.2 Å². The number of anilines is 1. The van der Waals surface area contributed by atoms with Gasteiger partial charge in [0.1, 0.15) is 10.7 Å². The van der Waals surface area contributed by atoms with Crippen molar-refractivity contribution in [1.29, 1.82) is 0 Å². The minimum atomic E-state index is -3.40. The van der Waals surface area contributed by atoms with E-state index in [9.17, 15) is 8.42 Å². The van der Waals surface area contributed by atoms with Gasteiger partial charge in [-0.1, -0.05) is 0 Å². The summed E-state index contributed by atoms with van der Waals surface area (Å²) in [7, 11) is -3.40. The molecule has 0 aliphatic carbocycles. The van der Waals surface area contributed by atoms with Crippen LogP contribution in [0.15, 0.2) is 23.2 Å². The summed E-state index contributed by atoms with van der Waals surface area (Å²) < 4.78 is 31.9. The third-order valence-electron chi connectivity index (χ3n) is 3.66. The standard InChI is InChI=1S/C13H19N3O3S2/c17-21(18,16-5-9-20-10-6-16)12-1-2-13(14-11-12)15-3-7-19-8-4-15/h1-2,11H,3-10H2. The maximum Gasteiger partial charge on any atom is 0.244 e. The molecule has 2 aliphatic heterocycles. The Hall–Kier alpha value is -0.830. The average molecular weight is 329 g/mol. The quantitative estimate of drug-likeness (QED) is 0.812. The second-order valence-corrected chi connectivity index (χ2v) is 8.13. The number of nitrogens with zero attached hydrogens (tertiary/aromatic N) is 3. The fourth-order valence-electron chi connectivity index (χ4n) is 2.44. The molecule has 1 aromatic rings. The largest absolute Gasteiger partial charge is 0.378 e. The number of morpholine rings is 1. The van der Waals surface area contributed by atoms with E-state index in [0.717, 1.165) is 30.4 Å². The molecule has 0 N–H and O–H groups in total. The predicted molar refractivity (Wildman–Crippen MR) is 83.4 cm³/mol. The first-order valence-electron chi connectivity index (χ1n) is 7.04. The molecule has 116 valence electrons. The van der Waals surface area contributed by atoms with Gasteiger partial charge in [-0.05, 0) is 12.1 Å². The molecule has 0 amide bonds. The third-order valence-corrected chi connectivity index (χ3v) is 6.49. The molecule has 0 radical (unpaired) electrons. The SMILES string of the molecule is O=S(=O)(c1ccc(N2CCOCC2)nc1)N1CCSCC1. The molecule has 0 aromatic carbocycles. The lowest BCUT2D eigenvalue weighted by molar-refractivity contribution is 0.122. The highest BCUT2D eigenvalue weighted by Crippen LogP contribution is 2.21. The molecule has 6 nitrogen and oxygen atoms in total. The summed E-state index contributed by atoms with van der Waals surface area (Å²) in [5.41, 5.74) is 0. The summed E-state index contributed by atoms with van der Waals surface area (Å²) in [6, 6.07) is 3.45. The van der Waals surface area contributed by atoms with E-state index < -0.39 is 10.0 Å². The van der Waals surface area contributed by atoms with Crippen molar-refractivity contribution in [2.45, 2.75) is 4.90 Å². The smallest absolute Gasteiger partial charge is 0.244 e. The molecule has 0 spiro atoms. The van der Waals surface area contributed by atoms with Crippen LogP contribution in [0.5, 0.6) is 0 Å². The molecule has 3 heterocycles. The van der Waals surface area contributed by atoms with Crippen molar-refractivity contribution in [2.24, 2.45) is 0 Å². The third kappa shape index (κ3) is 3.33. The van der Waals surface area contributed by atoms with Gasteiger partial charge >= 0.3 is 0 Å². The second kappa shape index (κ2) is 6.51. The Labute approximate surface area is 129 Å². The van der Waals surface area contributed by atoms with Gasteiger partial charge in [0.2, 0.25) is 10.0 Å². The Kier molecular flexibility index (Phi) is 4.68. The van der Waals surface area contributed by atoms with Gasteiger partial charge in [0, 0.05) is 43.9 Å². The van der Waals surface area contributed by atoms with Gasteiger partial charge in [0.15, 0.2) is 0 Å². The van der Waals surface area contributed by atoms with Crippen LogP contribution in [0.1, 0.15) is 0 Å². The van der Waals surface area contributed by atoms with E-state index in [4.69, 9.17) is 4.74 Å². The fourth-order valence-corrected chi connectivity index (χ4v) is 4.96. The highest BCUT2D eigenvalue weighted by atomic mass is 32.2. The van der Waals surface area contributed by atoms with Crippen LogP contribution in [-0.2, 0) is 14.8 Å². The highest BCUT2D eigenvalue weighted by molar-refractivity contribution is 7.99. The topological polar surface area (TPSA) is 62.7 Å². The van der Waals surface area contributed by atoms with Crippen LogP contribution < -0.4 is 4.90 Å². The first-order valence-corrected chi connectivity index (χ1v) is 9.64. The average Bonchev–Trinajstić information content (AvgIpc) is 2.57. The maximum absolute atomic E-state index is 12.5. The summed E-state index contributed by atoms with van der Waals surface area (Å²) in [5, 5.41) is 0. The van der Waals surface area contributed by atoms with Crippen LogP contribution in [0.3, 0.4) is 0 Å². The number of ether oxygens (including phenoxy) is 1. The Balaban J connectivity index is 1.76. The Morgan fingerprint density at radius 2 is 1.81 bits per heavy atom. The van der Waals surface area contributed by atoms with Gasteiger partial charge in [-0.3, -0.25) is 0 Å². The van der Waals surface area contributed by atoms with Crippen molar-refractivity contribution in [1.82, 2.24) is 9.29 Å². The van der Waals surface area contributed by atoms with Crippen LogP contribution in [0.25, 0.3) is 0 Å². The molecule has 2 saturated heterocycles. The molecular formula is C13H19N3O3S2. The summed E-state index contributed by atoms with van der Waals surface area (Å²) in [5.74, 6) is 2.53. The van der Waals surface area contributed by atoms with Crippen LogP contribution in [0.4, 0.5) is 5.82 Å². The van der Waals surface area contributed by atoms with Gasteiger partial charge in [-0.25, -0.2) is 13.4 Å². The van der Waals surface area contributed by atoms with Crippen LogP contribution in [-0.4, -0.2) is 68.6 Å². The number of sulfonamides is 1. The van der Waals surface area contributed by atoms with Crippen LogP contribution >= 0.6 is 11.8 Å². The van der Waals surface area contributed by atoms with Crippen molar-refractivity contribution in [3.63, 3.8) is 0 Å². The molecule has 21 heavy (non-hydrogen) atoms. The molecule has 0 atom stereocenters. The van der Waals surface area contributed by atoms with Gasteiger partial charge in [0.25, 0.3) is 0 Å². The van der Waals surface area contributed by atoms with E-state index in [2.05, 4.69) is 9.88 Å². The zero-order chi connectivity index (χ0) is 14.7. The first kappa shape index (κ1) is 15.1. The summed E-state index contributed by atoms with van der Waals surface area (Å²) in [6.07, 6.45) is 1.47. The molecule has 0 saturated carbocycles. The van der Waals surface area contributed by atoms with Crippen molar-refractivity contribution >= 4 is 27.6 Å². The van der Waals surface area contributed by atoms with Crippen molar-refractivity contribution in [2.75, 3.05) is 55.8 Å². The molecule has 3 rings (SSSR count). The monoisotopic (exact) mass is 329 g/mol. The summed E-state index contributed by atoms with van der Waals surface area (Å²) >= 11 is 1.79. The summed E-state index contributed by atoms with van der Waals surface area (Å²) in [6.45, 7) is 4.13. The van der Waals surface area contributed by atoms with Crippen molar-refractivity contribution in [3.05, 3.63) is 18.3 Å². The van der Waals surface area contributed by atoms with E-state index in [1.54, 1.807) is 28.2 Å². The molecule has 2 fully saturated rings. The zero-order valence-corrected chi connectivity index (χ0v) is 13.4. The highest BCUT2D eigenvalue weighted by Gasteiger charge is 2.26. The van der Waals surface area contributed by atoms with Gasteiger partial charge < -0.3 is 9.64 Å². The molecular weight excluding hydrogens is 310 g/mol. The van der Waals surface area contributed by atoms with Crippen molar-refractivity contribution in [3.8, 4) is 0 Å². The molecule has 8 heteroatoms. The van der Waals surface area contributed by atoms with Gasteiger partial charge in [0.05, 0.1) is 13.2 Å². The zero-order valence-electron chi connectivity index (χ0n) is 11.8. The van der Waals surface area contributed by atoms with E-state index in [0.29, 0.717) is 26.3 Å². The number of pyridine rings is 1. The minimum absolute atomic E-state index is 0.284. The number of rotatable bonds is 3. The molecule has 0 unspecified atom stereocenters. The van der Waals surface area contributed by atoms with Gasteiger partial charge in [-0.2, -0.15) is 16.1 Å². The van der Waals surface area contributed by atoms with E-state index in [-0.39, 0.29) is 4.90 Å². The number of thioether (sulfide) groups is 1. The molecule has 1 aromatic heterocycles. The Bertz CT molecular complexity index is 565.